The fraction of sp³-hybridized carbons (Fsp3) is 0.312. The number of amides is 1. The van der Waals surface area contributed by atoms with Crippen LogP contribution in [0.2, 0.25) is 0 Å². The van der Waals surface area contributed by atoms with Gasteiger partial charge in [-0.2, -0.15) is 0 Å². The molecule has 0 radical (unpaired) electrons. The Kier molecular flexibility index (Phi) is 6.95. The van der Waals surface area contributed by atoms with Crippen molar-refractivity contribution in [1.29, 1.82) is 0 Å². The summed E-state index contributed by atoms with van der Waals surface area (Å²) in [4.78, 5) is 20.4. The molecule has 1 atom stereocenters. The van der Waals surface area contributed by atoms with E-state index in [2.05, 4.69) is 15.3 Å². The molecule has 1 aromatic heterocycles. The Morgan fingerprint density at radius 3 is 2.55 bits per heavy atom. The molecule has 1 amide bonds. The largest absolute Gasteiger partial charge is 0.325 e. The van der Waals surface area contributed by atoms with Gasteiger partial charge in [-0.3, -0.25) is 4.79 Å². The number of nitrogens with one attached hydrogen (secondary N) is 1. The van der Waals surface area contributed by atoms with Crippen LogP contribution < -0.4 is 11.1 Å². The SMILES string of the molecule is CCCC(N)C(=O)Nc1ccc(-c2nccc(C)n2)cc1.Cl. The number of benzene rings is 1. The molecular formula is C16H21ClN4O. The Morgan fingerprint density at radius 2 is 1.95 bits per heavy atom. The highest BCUT2D eigenvalue weighted by Crippen LogP contribution is 2.18. The number of carbonyl (C=O) groups excluding carboxylic acids is 1. The van der Waals surface area contributed by atoms with Gasteiger partial charge in [-0.1, -0.05) is 13.3 Å². The minimum atomic E-state index is -0.463. The first-order valence-electron chi connectivity index (χ1n) is 7.06. The van der Waals surface area contributed by atoms with Gasteiger partial charge in [0.15, 0.2) is 5.82 Å². The first kappa shape index (κ1) is 18.1. The molecule has 6 heteroatoms. The van der Waals surface area contributed by atoms with E-state index < -0.39 is 6.04 Å². The molecule has 0 spiro atoms. The number of carbonyl (C=O) groups is 1. The quantitative estimate of drug-likeness (QED) is 0.887. The minimum Gasteiger partial charge on any atom is -0.325 e. The van der Waals surface area contributed by atoms with Gasteiger partial charge in [0.25, 0.3) is 0 Å². The van der Waals surface area contributed by atoms with Crippen LogP contribution in [0.4, 0.5) is 5.69 Å². The third-order valence-corrected chi connectivity index (χ3v) is 3.14. The summed E-state index contributed by atoms with van der Waals surface area (Å²) in [6.45, 7) is 3.93. The number of nitrogens with two attached hydrogens (primary N) is 1. The summed E-state index contributed by atoms with van der Waals surface area (Å²) in [5.74, 6) is 0.520. The van der Waals surface area contributed by atoms with E-state index in [1.54, 1.807) is 6.20 Å². The zero-order chi connectivity index (χ0) is 15.2. The van der Waals surface area contributed by atoms with Crippen LogP contribution in [0.25, 0.3) is 11.4 Å². The van der Waals surface area contributed by atoms with Crippen molar-refractivity contribution < 1.29 is 4.79 Å². The molecule has 0 fully saturated rings. The van der Waals surface area contributed by atoms with Crippen LogP contribution in [-0.4, -0.2) is 21.9 Å². The average Bonchev–Trinajstić information content (AvgIpc) is 2.48. The van der Waals surface area contributed by atoms with Gasteiger partial charge in [-0.05, 0) is 43.7 Å². The number of anilines is 1. The molecule has 1 aromatic carbocycles. The maximum absolute atomic E-state index is 11.8. The molecule has 0 aliphatic carbocycles. The van der Waals surface area contributed by atoms with Crippen molar-refractivity contribution in [3.8, 4) is 11.4 Å². The lowest BCUT2D eigenvalue weighted by molar-refractivity contribution is -0.117. The van der Waals surface area contributed by atoms with Gasteiger partial charge in [-0.25, -0.2) is 9.97 Å². The van der Waals surface area contributed by atoms with Crippen LogP contribution in [-0.2, 0) is 4.79 Å². The van der Waals surface area contributed by atoms with Crippen LogP contribution >= 0.6 is 12.4 Å². The Labute approximate surface area is 136 Å². The van der Waals surface area contributed by atoms with E-state index in [4.69, 9.17) is 5.73 Å². The van der Waals surface area contributed by atoms with Gasteiger partial charge >= 0.3 is 0 Å². The van der Waals surface area contributed by atoms with E-state index in [1.807, 2.05) is 44.2 Å². The zero-order valence-electron chi connectivity index (χ0n) is 12.7. The fourth-order valence-corrected chi connectivity index (χ4v) is 1.97. The van der Waals surface area contributed by atoms with Gasteiger partial charge in [0.1, 0.15) is 0 Å². The first-order valence-corrected chi connectivity index (χ1v) is 7.06. The topological polar surface area (TPSA) is 80.9 Å². The molecule has 22 heavy (non-hydrogen) atoms. The van der Waals surface area contributed by atoms with E-state index in [0.29, 0.717) is 12.2 Å². The lowest BCUT2D eigenvalue weighted by Gasteiger charge is -2.11. The monoisotopic (exact) mass is 320 g/mol. The summed E-state index contributed by atoms with van der Waals surface area (Å²) in [6, 6.07) is 8.82. The molecule has 5 nitrogen and oxygen atoms in total. The van der Waals surface area contributed by atoms with Gasteiger partial charge < -0.3 is 11.1 Å². The molecule has 2 rings (SSSR count). The molecule has 3 N–H and O–H groups in total. The number of hydrogen-bond donors (Lipinski definition) is 2. The molecule has 1 unspecified atom stereocenters. The molecule has 0 bridgehead atoms. The minimum absolute atomic E-state index is 0. The van der Waals surface area contributed by atoms with E-state index in [9.17, 15) is 4.79 Å². The molecule has 0 saturated carbocycles. The van der Waals surface area contributed by atoms with Crippen LogP contribution in [0.3, 0.4) is 0 Å². The summed E-state index contributed by atoms with van der Waals surface area (Å²) >= 11 is 0. The second-order valence-electron chi connectivity index (χ2n) is 4.98. The first-order chi connectivity index (χ1) is 10.1. The van der Waals surface area contributed by atoms with Gasteiger partial charge in [0, 0.05) is 23.1 Å². The van der Waals surface area contributed by atoms with Crippen LogP contribution in [0.1, 0.15) is 25.5 Å². The smallest absolute Gasteiger partial charge is 0.241 e. The molecular weight excluding hydrogens is 300 g/mol. The van der Waals surface area contributed by atoms with Crippen molar-refractivity contribution in [2.75, 3.05) is 5.32 Å². The standard InChI is InChI=1S/C16H20N4O.ClH/c1-3-4-14(17)16(21)20-13-7-5-12(6-8-13)15-18-10-9-11(2)19-15;/h5-10,14H,3-4,17H2,1-2H3,(H,20,21);1H. The van der Waals surface area contributed by atoms with E-state index >= 15 is 0 Å². The Balaban J connectivity index is 0.00000242. The van der Waals surface area contributed by atoms with E-state index in [0.717, 1.165) is 23.4 Å². The van der Waals surface area contributed by atoms with Crippen molar-refractivity contribution in [3.05, 3.63) is 42.2 Å². The highest BCUT2D eigenvalue weighted by atomic mass is 35.5. The highest BCUT2D eigenvalue weighted by Gasteiger charge is 2.12. The maximum Gasteiger partial charge on any atom is 0.241 e. The van der Waals surface area contributed by atoms with Crippen molar-refractivity contribution >= 4 is 24.0 Å². The maximum atomic E-state index is 11.8. The predicted molar refractivity (Wildman–Crippen MR) is 91.0 cm³/mol. The summed E-state index contributed by atoms with van der Waals surface area (Å²) in [7, 11) is 0. The highest BCUT2D eigenvalue weighted by molar-refractivity contribution is 5.94. The number of hydrogen-bond acceptors (Lipinski definition) is 4. The van der Waals surface area contributed by atoms with Crippen LogP contribution in [0.15, 0.2) is 36.5 Å². The number of rotatable bonds is 5. The summed E-state index contributed by atoms with van der Waals surface area (Å²) in [5.41, 5.74) is 8.34. The van der Waals surface area contributed by atoms with Gasteiger partial charge in [0.2, 0.25) is 5.91 Å². The second-order valence-corrected chi connectivity index (χ2v) is 4.98. The Morgan fingerprint density at radius 1 is 1.27 bits per heavy atom. The second kappa shape index (κ2) is 8.46. The van der Waals surface area contributed by atoms with Crippen molar-refractivity contribution in [2.45, 2.75) is 32.7 Å². The summed E-state index contributed by atoms with van der Waals surface area (Å²) in [5, 5.41) is 2.81. The van der Waals surface area contributed by atoms with Crippen LogP contribution in [0.5, 0.6) is 0 Å². The van der Waals surface area contributed by atoms with Gasteiger partial charge in [0.05, 0.1) is 6.04 Å². The third-order valence-electron chi connectivity index (χ3n) is 3.14. The molecule has 118 valence electrons. The Hall–Kier alpha value is -1.98. The molecule has 0 aliphatic rings. The number of aryl methyl sites for hydroxylation is 1. The van der Waals surface area contributed by atoms with E-state index in [1.165, 1.54) is 0 Å². The van der Waals surface area contributed by atoms with Crippen LogP contribution in [0, 0.1) is 6.92 Å². The van der Waals surface area contributed by atoms with Gasteiger partial charge in [-0.15, -0.1) is 12.4 Å². The summed E-state index contributed by atoms with van der Waals surface area (Å²) < 4.78 is 0. The lowest BCUT2D eigenvalue weighted by atomic mass is 10.1. The van der Waals surface area contributed by atoms with Crippen molar-refractivity contribution in [1.82, 2.24) is 9.97 Å². The number of nitrogens with zero attached hydrogens (tertiary/aromatic N) is 2. The molecule has 2 aromatic rings. The molecule has 0 aliphatic heterocycles. The van der Waals surface area contributed by atoms with E-state index in [-0.39, 0.29) is 18.3 Å². The summed E-state index contributed by atoms with van der Waals surface area (Å²) in [6.07, 6.45) is 3.30. The average molecular weight is 321 g/mol. The molecule has 1 heterocycles. The zero-order valence-corrected chi connectivity index (χ0v) is 13.6. The molecule has 0 saturated heterocycles. The number of aromatic nitrogens is 2. The third kappa shape index (κ3) is 4.79. The predicted octanol–water partition coefficient (Wildman–Crippen LogP) is 2.94. The van der Waals surface area contributed by atoms with Crippen molar-refractivity contribution in [3.63, 3.8) is 0 Å². The lowest BCUT2D eigenvalue weighted by Crippen LogP contribution is -2.35. The fourth-order valence-electron chi connectivity index (χ4n) is 1.97. The number of halogens is 1. The normalized spacial score (nSPS) is 11.4. The van der Waals surface area contributed by atoms with Crippen molar-refractivity contribution in [2.24, 2.45) is 5.73 Å². The Bertz CT molecular complexity index is 616.